The molecule has 0 amide bonds. The highest BCUT2D eigenvalue weighted by Crippen LogP contribution is 2.30. The summed E-state index contributed by atoms with van der Waals surface area (Å²) in [7, 11) is 0. The van der Waals surface area contributed by atoms with Gasteiger partial charge < -0.3 is 0 Å². The molecule has 0 saturated carbocycles. The Labute approximate surface area is 109 Å². The van der Waals surface area contributed by atoms with Gasteiger partial charge in [-0.2, -0.15) is 18.3 Å². The molecular weight excluding hydrogens is 253 g/mol. The van der Waals surface area contributed by atoms with Crippen molar-refractivity contribution in [1.29, 1.82) is 0 Å². The van der Waals surface area contributed by atoms with Crippen LogP contribution in [-0.2, 0) is 12.7 Å². The van der Waals surface area contributed by atoms with Crippen LogP contribution in [0.25, 0.3) is 11.3 Å². The van der Waals surface area contributed by atoms with Crippen molar-refractivity contribution in [2.24, 2.45) is 5.92 Å². The molecule has 0 atom stereocenters. The van der Waals surface area contributed by atoms with Crippen molar-refractivity contribution < 1.29 is 13.2 Å². The maximum absolute atomic E-state index is 12.5. The zero-order valence-corrected chi connectivity index (χ0v) is 10.8. The first kappa shape index (κ1) is 13.6. The zero-order valence-electron chi connectivity index (χ0n) is 10.8. The Kier molecular flexibility index (Phi) is 3.64. The molecule has 0 unspecified atom stereocenters. The largest absolute Gasteiger partial charge is 0.416 e. The molecule has 0 N–H and O–H groups in total. The molecule has 1 aromatic carbocycles. The van der Waals surface area contributed by atoms with E-state index >= 15 is 0 Å². The normalized spacial score (nSPS) is 12.1. The van der Waals surface area contributed by atoms with Crippen LogP contribution in [0, 0.1) is 5.92 Å². The quantitative estimate of drug-likeness (QED) is 0.814. The molecule has 0 saturated heterocycles. The number of hydrogen-bond acceptors (Lipinski definition) is 1. The van der Waals surface area contributed by atoms with Crippen molar-refractivity contribution in [3.8, 4) is 11.3 Å². The van der Waals surface area contributed by atoms with Gasteiger partial charge in [0.15, 0.2) is 0 Å². The lowest BCUT2D eigenvalue weighted by Gasteiger charge is -2.11. The summed E-state index contributed by atoms with van der Waals surface area (Å²) in [6.45, 7) is 4.87. The van der Waals surface area contributed by atoms with E-state index in [0.717, 1.165) is 29.9 Å². The number of aromatic nitrogens is 2. The van der Waals surface area contributed by atoms with Gasteiger partial charge in [0, 0.05) is 12.7 Å². The Hall–Kier alpha value is -1.78. The summed E-state index contributed by atoms with van der Waals surface area (Å²) in [5, 5.41) is 4.20. The molecule has 0 aliphatic heterocycles. The Morgan fingerprint density at radius 2 is 1.74 bits per heavy atom. The number of benzene rings is 1. The topological polar surface area (TPSA) is 17.8 Å². The van der Waals surface area contributed by atoms with Gasteiger partial charge in [0.2, 0.25) is 0 Å². The highest BCUT2D eigenvalue weighted by molar-refractivity contribution is 5.59. The average molecular weight is 268 g/mol. The van der Waals surface area contributed by atoms with E-state index in [-0.39, 0.29) is 0 Å². The minimum absolute atomic E-state index is 0.424. The Morgan fingerprint density at radius 1 is 1.11 bits per heavy atom. The molecule has 2 nitrogen and oxygen atoms in total. The van der Waals surface area contributed by atoms with Crippen molar-refractivity contribution in [2.45, 2.75) is 26.6 Å². The molecule has 1 aromatic heterocycles. The first-order valence-electron chi connectivity index (χ1n) is 6.07. The van der Waals surface area contributed by atoms with Crippen LogP contribution in [0.15, 0.2) is 36.5 Å². The van der Waals surface area contributed by atoms with Crippen molar-refractivity contribution in [3.05, 3.63) is 42.1 Å². The van der Waals surface area contributed by atoms with E-state index in [4.69, 9.17) is 0 Å². The van der Waals surface area contributed by atoms with E-state index in [1.54, 1.807) is 6.20 Å². The third-order valence-electron chi connectivity index (χ3n) is 2.76. The monoisotopic (exact) mass is 268 g/mol. The summed E-state index contributed by atoms with van der Waals surface area (Å²) in [6, 6.07) is 6.97. The Morgan fingerprint density at radius 3 is 2.26 bits per heavy atom. The number of nitrogens with zero attached hydrogens (tertiary/aromatic N) is 2. The molecule has 19 heavy (non-hydrogen) atoms. The van der Waals surface area contributed by atoms with Crippen LogP contribution < -0.4 is 0 Å². The molecule has 0 radical (unpaired) electrons. The van der Waals surface area contributed by atoms with Crippen LogP contribution >= 0.6 is 0 Å². The van der Waals surface area contributed by atoms with Gasteiger partial charge in [-0.15, -0.1) is 0 Å². The van der Waals surface area contributed by atoms with E-state index in [1.165, 1.54) is 12.1 Å². The fourth-order valence-corrected chi connectivity index (χ4v) is 1.90. The summed E-state index contributed by atoms with van der Waals surface area (Å²) in [4.78, 5) is 0. The molecule has 0 aliphatic carbocycles. The van der Waals surface area contributed by atoms with Gasteiger partial charge >= 0.3 is 6.18 Å². The molecule has 0 bridgehead atoms. The van der Waals surface area contributed by atoms with Crippen molar-refractivity contribution >= 4 is 0 Å². The third kappa shape index (κ3) is 3.16. The molecule has 0 fully saturated rings. The highest BCUT2D eigenvalue weighted by atomic mass is 19.4. The maximum Gasteiger partial charge on any atom is 0.416 e. The molecule has 1 heterocycles. The minimum Gasteiger partial charge on any atom is -0.265 e. The van der Waals surface area contributed by atoms with Crippen molar-refractivity contribution in [1.82, 2.24) is 9.78 Å². The van der Waals surface area contributed by atoms with Crippen LogP contribution in [0.1, 0.15) is 19.4 Å². The van der Waals surface area contributed by atoms with Crippen LogP contribution in [0.5, 0.6) is 0 Å². The van der Waals surface area contributed by atoms with E-state index in [0.29, 0.717) is 5.92 Å². The first-order valence-corrected chi connectivity index (χ1v) is 6.07. The zero-order chi connectivity index (χ0) is 14.0. The lowest BCUT2D eigenvalue weighted by atomic mass is 10.1. The fraction of sp³-hybridized carbons (Fsp3) is 0.357. The smallest absolute Gasteiger partial charge is 0.265 e. The second-order valence-corrected chi connectivity index (χ2v) is 4.87. The summed E-state index contributed by atoms with van der Waals surface area (Å²) >= 11 is 0. The van der Waals surface area contributed by atoms with E-state index in [1.807, 2.05) is 10.7 Å². The van der Waals surface area contributed by atoms with Crippen LogP contribution in [-0.4, -0.2) is 9.78 Å². The summed E-state index contributed by atoms with van der Waals surface area (Å²) in [6.07, 6.45) is -2.63. The molecular formula is C14H15F3N2. The van der Waals surface area contributed by atoms with Crippen molar-refractivity contribution in [3.63, 3.8) is 0 Å². The van der Waals surface area contributed by atoms with E-state index in [2.05, 4.69) is 18.9 Å². The second kappa shape index (κ2) is 5.07. The second-order valence-electron chi connectivity index (χ2n) is 4.87. The highest BCUT2D eigenvalue weighted by Gasteiger charge is 2.30. The first-order chi connectivity index (χ1) is 8.88. The van der Waals surface area contributed by atoms with Crippen LogP contribution in [0.2, 0.25) is 0 Å². The van der Waals surface area contributed by atoms with Crippen molar-refractivity contribution in [2.75, 3.05) is 0 Å². The number of alkyl halides is 3. The average Bonchev–Trinajstić information content (AvgIpc) is 2.75. The van der Waals surface area contributed by atoms with Gasteiger partial charge in [-0.1, -0.05) is 26.0 Å². The summed E-state index contributed by atoms with van der Waals surface area (Å²) in [5.74, 6) is 0.424. The minimum atomic E-state index is -4.29. The fourth-order valence-electron chi connectivity index (χ4n) is 1.90. The number of rotatable bonds is 3. The number of hydrogen-bond donors (Lipinski definition) is 0. The Bertz CT molecular complexity index is 539. The summed E-state index contributed by atoms with van der Waals surface area (Å²) < 4.78 is 39.3. The van der Waals surface area contributed by atoms with Gasteiger partial charge in [0.25, 0.3) is 0 Å². The maximum atomic E-state index is 12.5. The summed E-state index contributed by atoms with van der Waals surface area (Å²) in [5.41, 5.74) is 0.944. The van der Waals surface area contributed by atoms with Gasteiger partial charge in [0.05, 0.1) is 11.3 Å². The van der Waals surface area contributed by atoms with Crippen LogP contribution in [0.4, 0.5) is 13.2 Å². The van der Waals surface area contributed by atoms with Gasteiger partial charge in [-0.3, -0.25) is 4.68 Å². The predicted octanol–water partition coefficient (Wildman–Crippen LogP) is 4.22. The Balaban J connectivity index is 2.30. The van der Waals surface area contributed by atoms with E-state index < -0.39 is 11.7 Å². The lowest BCUT2D eigenvalue weighted by Crippen LogP contribution is -2.08. The standard InChI is InChI=1S/C14H15F3N2/c1-10(2)9-19-13(7-8-18-19)11-3-5-12(6-4-11)14(15,16)17/h3-8,10H,9H2,1-2H3. The third-order valence-corrected chi connectivity index (χ3v) is 2.76. The van der Waals surface area contributed by atoms with Gasteiger partial charge in [0.1, 0.15) is 0 Å². The van der Waals surface area contributed by atoms with Crippen LogP contribution in [0.3, 0.4) is 0 Å². The molecule has 5 heteroatoms. The molecule has 0 spiro atoms. The lowest BCUT2D eigenvalue weighted by molar-refractivity contribution is -0.137. The molecule has 0 aliphatic rings. The van der Waals surface area contributed by atoms with Gasteiger partial charge in [-0.25, -0.2) is 0 Å². The van der Waals surface area contributed by atoms with Gasteiger partial charge in [-0.05, 0) is 29.7 Å². The molecule has 2 rings (SSSR count). The van der Waals surface area contributed by atoms with E-state index in [9.17, 15) is 13.2 Å². The number of halogens is 3. The molecule has 102 valence electrons. The SMILES string of the molecule is CC(C)Cn1nccc1-c1ccc(C(F)(F)F)cc1. The predicted molar refractivity (Wildman–Crippen MR) is 67.5 cm³/mol. The molecule has 2 aromatic rings.